The highest BCUT2D eigenvalue weighted by Crippen LogP contribution is 2.45. The third-order valence-electron chi connectivity index (χ3n) is 9.14. The summed E-state index contributed by atoms with van der Waals surface area (Å²) in [4.78, 5) is 45.1. The summed E-state index contributed by atoms with van der Waals surface area (Å²) < 4.78 is 35.8. The molecule has 0 bridgehead atoms. The van der Waals surface area contributed by atoms with Gasteiger partial charge in [0, 0.05) is 31.3 Å². The third kappa shape index (κ3) is 14.4. The van der Waals surface area contributed by atoms with Crippen LogP contribution in [-0.4, -0.2) is 122 Å². The van der Waals surface area contributed by atoms with Gasteiger partial charge in [-0.15, -0.1) is 11.6 Å². The van der Waals surface area contributed by atoms with E-state index < -0.39 is 24.1 Å². The van der Waals surface area contributed by atoms with Crippen molar-refractivity contribution in [2.45, 2.75) is 11.8 Å². The molecule has 0 unspecified atom stereocenters. The number of benzene rings is 4. The van der Waals surface area contributed by atoms with E-state index in [1.165, 1.54) is 58.0 Å². The highest BCUT2D eigenvalue weighted by Gasteiger charge is 2.30. The van der Waals surface area contributed by atoms with Crippen molar-refractivity contribution in [1.29, 1.82) is 0 Å². The molecule has 0 saturated heterocycles. The van der Waals surface area contributed by atoms with E-state index in [0.717, 1.165) is 0 Å². The molecule has 0 atom stereocenters. The Balaban J connectivity index is 0.000000250. The molecule has 14 nitrogen and oxygen atoms in total. The van der Waals surface area contributed by atoms with Crippen molar-refractivity contribution >= 4 is 35.7 Å². The molecule has 6 rings (SSSR count). The Morgan fingerprint density at radius 3 is 1.22 bits per heavy atom. The highest BCUT2D eigenvalue weighted by molar-refractivity contribution is 6.15. The lowest BCUT2D eigenvalue weighted by Gasteiger charge is -2.14. The quantitative estimate of drug-likeness (QED) is 0.0397. The number of methoxy groups -OCH3 is 1. The standard InChI is InChI=1S/C22H25NO6.C21H23NO6.CH3Cl/c1-26-21(24)15-28-13-12-27-11-10-23-22(25)29-14-20-18-8-4-2-6-16(18)17-7-3-5-9-19(17)20;23-20(24)14-27-12-11-26-10-9-22-21(25)28-13-19-17-7-3-1-5-15(17)16-6-2-4-8-18(16)19;1-2/h2-9,20H,10-15H2,1H3,(H,23,25);1-8,19H,9-14H2,(H,22,25)(H,23,24);1H3. The molecule has 2 amide bonds. The van der Waals surface area contributed by atoms with Crippen LogP contribution in [0.15, 0.2) is 97.1 Å². The van der Waals surface area contributed by atoms with Gasteiger partial charge in [0.05, 0.1) is 46.8 Å². The SMILES string of the molecule is CCl.COC(=O)COCCOCCNC(=O)OCC1c2ccccc2-c2ccccc21.O=C(O)COCCOCCNC(=O)OCC1c2ccccc2-c2ccccc21. The van der Waals surface area contributed by atoms with Gasteiger partial charge in [0.1, 0.15) is 26.4 Å². The highest BCUT2D eigenvalue weighted by atomic mass is 35.5. The number of hydrogen-bond acceptors (Lipinski definition) is 11. The maximum Gasteiger partial charge on any atom is 0.407 e. The number of aliphatic carboxylic acids is 1. The second kappa shape index (κ2) is 25.8. The zero-order valence-corrected chi connectivity index (χ0v) is 33.9. The number of carbonyl (C=O) groups excluding carboxylic acids is 3. The summed E-state index contributed by atoms with van der Waals surface area (Å²) in [7, 11) is 1.30. The number of nitrogens with one attached hydrogen (secondary N) is 2. The van der Waals surface area contributed by atoms with Gasteiger partial charge < -0.3 is 48.9 Å². The summed E-state index contributed by atoms with van der Waals surface area (Å²) in [5, 5.41) is 13.7. The first-order valence-electron chi connectivity index (χ1n) is 19.0. The Morgan fingerprint density at radius 1 is 0.525 bits per heavy atom. The predicted molar refractivity (Wildman–Crippen MR) is 221 cm³/mol. The van der Waals surface area contributed by atoms with Crippen LogP contribution in [0.5, 0.6) is 0 Å². The van der Waals surface area contributed by atoms with Crippen molar-refractivity contribution in [3.8, 4) is 22.3 Å². The van der Waals surface area contributed by atoms with Gasteiger partial charge in [-0.2, -0.15) is 0 Å². The number of carboxylic acid groups (broad SMARTS) is 1. The van der Waals surface area contributed by atoms with Crippen LogP contribution in [0, 0.1) is 0 Å². The van der Waals surface area contributed by atoms with Crippen LogP contribution in [0.25, 0.3) is 22.3 Å². The summed E-state index contributed by atoms with van der Waals surface area (Å²) >= 11 is 4.64. The van der Waals surface area contributed by atoms with Gasteiger partial charge >= 0.3 is 24.1 Å². The lowest BCUT2D eigenvalue weighted by molar-refractivity contribution is -0.146. The first kappa shape index (κ1) is 46.2. The van der Waals surface area contributed by atoms with Gasteiger partial charge in [-0.25, -0.2) is 19.2 Å². The molecule has 59 heavy (non-hydrogen) atoms. The number of fused-ring (bicyclic) bond motifs is 6. The number of carboxylic acids is 1. The zero-order valence-electron chi connectivity index (χ0n) is 33.2. The van der Waals surface area contributed by atoms with Gasteiger partial charge in [0.15, 0.2) is 0 Å². The van der Waals surface area contributed by atoms with Gasteiger partial charge in [-0.3, -0.25) is 0 Å². The number of alkyl carbamates (subject to hydrolysis) is 2. The Morgan fingerprint density at radius 2 is 0.864 bits per heavy atom. The Labute approximate surface area is 349 Å². The second-order valence-corrected chi connectivity index (χ2v) is 12.8. The van der Waals surface area contributed by atoms with Gasteiger partial charge in [-0.1, -0.05) is 97.1 Å². The van der Waals surface area contributed by atoms with Crippen LogP contribution < -0.4 is 10.6 Å². The lowest BCUT2D eigenvalue weighted by Crippen LogP contribution is -2.29. The van der Waals surface area contributed by atoms with Gasteiger partial charge in [0.25, 0.3) is 0 Å². The molecule has 2 aliphatic carbocycles. The average molecular weight is 835 g/mol. The fraction of sp³-hybridized carbons (Fsp3) is 0.364. The van der Waals surface area contributed by atoms with E-state index in [1.807, 2.05) is 48.5 Å². The van der Waals surface area contributed by atoms with E-state index in [0.29, 0.717) is 32.9 Å². The minimum absolute atomic E-state index is 0.0285. The van der Waals surface area contributed by atoms with E-state index in [-0.39, 0.29) is 58.1 Å². The number of esters is 1. The molecule has 0 fully saturated rings. The monoisotopic (exact) mass is 834 g/mol. The van der Waals surface area contributed by atoms with Crippen molar-refractivity contribution in [3.63, 3.8) is 0 Å². The molecular formula is C44H51ClN2O12. The van der Waals surface area contributed by atoms with Crippen molar-refractivity contribution in [3.05, 3.63) is 119 Å². The number of carbonyl (C=O) groups is 4. The number of halogens is 1. The molecule has 4 aromatic carbocycles. The number of alkyl halides is 1. The minimum Gasteiger partial charge on any atom is -0.480 e. The molecule has 316 valence electrons. The first-order valence-corrected chi connectivity index (χ1v) is 19.8. The van der Waals surface area contributed by atoms with Crippen LogP contribution in [-0.2, 0) is 42.7 Å². The van der Waals surface area contributed by atoms with E-state index >= 15 is 0 Å². The van der Waals surface area contributed by atoms with E-state index in [1.54, 1.807) is 0 Å². The topological polar surface area (TPSA) is 177 Å². The zero-order chi connectivity index (χ0) is 42.2. The van der Waals surface area contributed by atoms with Crippen molar-refractivity contribution < 1.29 is 57.4 Å². The summed E-state index contributed by atoms with van der Waals surface area (Å²) in [5.74, 6) is -1.38. The molecule has 0 aromatic heterocycles. The average Bonchev–Trinajstić information content (AvgIpc) is 3.76. The van der Waals surface area contributed by atoms with E-state index in [4.69, 9.17) is 33.5 Å². The second-order valence-electron chi connectivity index (χ2n) is 12.8. The molecule has 0 spiro atoms. The van der Waals surface area contributed by atoms with Crippen molar-refractivity contribution in [2.75, 3.05) is 92.7 Å². The molecular weight excluding hydrogens is 784 g/mol. The number of ether oxygens (including phenoxy) is 7. The Kier molecular flexibility index (Phi) is 20.2. The fourth-order valence-electron chi connectivity index (χ4n) is 6.56. The van der Waals surface area contributed by atoms with Crippen LogP contribution in [0.3, 0.4) is 0 Å². The molecule has 0 radical (unpaired) electrons. The Hall–Kier alpha value is -5.51. The maximum atomic E-state index is 12.0. The predicted octanol–water partition coefficient (Wildman–Crippen LogP) is 6.23. The van der Waals surface area contributed by atoms with Gasteiger partial charge in [0.2, 0.25) is 0 Å². The van der Waals surface area contributed by atoms with Crippen molar-refractivity contribution in [2.24, 2.45) is 0 Å². The number of amides is 2. The minimum atomic E-state index is -1.02. The van der Waals surface area contributed by atoms with Crippen LogP contribution >= 0.6 is 11.6 Å². The maximum absolute atomic E-state index is 12.0. The van der Waals surface area contributed by atoms with Crippen LogP contribution in [0.1, 0.15) is 34.1 Å². The summed E-state index contributed by atoms with van der Waals surface area (Å²) in [5.41, 5.74) is 9.45. The van der Waals surface area contributed by atoms with Crippen LogP contribution in [0.4, 0.5) is 9.59 Å². The Bertz CT molecular complexity index is 1850. The van der Waals surface area contributed by atoms with Crippen LogP contribution in [0.2, 0.25) is 0 Å². The third-order valence-corrected chi connectivity index (χ3v) is 9.14. The van der Waals surface area contributed by atoms with E-state index in [9.17, 15) is 19.2 Å². The summed E-state index contributed by atoms with van der Waals surface area (Å²) in [6.07, 6.45) is 0.505. The number of rotatable bonds is 20. The molecule has 0 aliphatic heterocycles. The summed E-state index contributed by atoms with van der Waals surface area (Å²) in [6.45, 7) is 2.40. The normalized spacial score (nSPS) is 11.9. The lowest BCUT2D eigenvalue weighted by atomic mass is 9.98. The fourth-order valence-corrected chi connectivity index (χ4v) is 6.56. The molecule has 0 heterocycles. The molecule has 3 N–H and O–H groups in total. The summed E-state index contributed by atoms with van der Waals surface area (Å²) in [6, 6.07) is 32.7. The first-order chi connectivity index (χ1) is 28.9. The smallest absolute Gasteiger partial charge is 0.407 e. The molecule has 0 saturated carbocycles. The number of hydrogen-bond donors (Lipinski definition) is 3. The molecule has 4 aromatic rings. The van der Waals surface area contributed by atoms with Gasteiger partial charge in [-0.05, 0) is 44.5 Å². The molecule has 15 heteroatoms. The molecule has 2 aliphatic rings. The van der Waals surface area contributed by atoms with E-state index in [2.05, 4.69) is 75.5 Å². The largest absolute Gasteiger partial charge is 0.480 e. The van der Waals surface area contributed by atoms with Crippen molar-refractivity contribution in [1.82, 2.24) is 10.6 Å².